The summed E-state index contributed by atoms with van der Waals surface area (Å²) in [7, 11) is 0. The second-order valence-electron chi connectivity index (χ2n) is 5.14. The molecule has 96 valence electrons. The second kappa shape index (κ2) is 4.86. The van der Waals surface area contributed by atoms with E-state index in [-0.39, 0.29) is 6.04 Å². The third kappa shape index (κ3) is 2.10. The Balaban J connectivity index is 1.81. The van der Waals surface area contributed by atoms with Crippen molar-refractivity contribution in [1.82, 2.24) is 9.55 Å². The van der Waals surface area contributed by atoms with E-state index in [1.165, 1.54) is 29.1 Å². The molecule has 0 bridgehead atoms. The van der Waals surface area contributed by atoms with Gasteiger partial charge in [0.05, 0.1) is 5.01 Å². The summed E-state index contributed by atoms with van der Waals surface area (Å²) in [6.07, 6.45) is 7.58. The lowest BCUT2D eigenvalue weighted by Crippen LogP contribution is -2.19. The normalized spacial score (nSPS) is 20.7. The van der Waals surface area contributed by atoms with Crippen LogP contribution in [0.25, 0.3) is 0 Å². The molecule has 2 N–H and O–H groups in total. The van der Waals surface area contributed by atoms with Crippen molar-refractivity contribution in [3.8, 4) is 0 Å². The Hall–Kier alpha value is -1.13. The second-order valence-corrected chi connectivity index (χ2v) is 6.07. The maximum absolute atomic E-state index is 6.16. The molecule has 0 saturated carbocycles. The molecule has 1 aliphatic rings. The van der Waals surface area contributed by atoms with Crippen LogP contribution in [0.4, 0.5) is 0 Å². The van der Waals surface area contributed by atoms with Crippen molar-refractivity contribution in [2.75, 3.05) is 0 Å². The van der Waals surface area contributed by atoms with Crippen LogP contribution in [0.3, 0.4) is 0 Å². The van der Waals surface area contributed by atoms with Crippen molar-refractivity contribution in [3.63, 3.8) is 0 Å². The third-order valence-electron chi connectivity index (χ3n) is 3.79. The molecule has 0 saturated heterocycles. The Kier molecular flexibility index (Phi) is 3.22. The Bertz CT molecular complexity index is 515. The maximum Gasteiger partial charge on any atom is 0.0970 e. The van der Waals surface area contributed by atoms with Gasteiger partial charge in [-0.25, -0.2) is 4.98 Å². The van der Waals surface area contributed by atoms with Gasteiger partial charge in [-0.05, 0) is 30.9 Å². The lowest BCUT2D eigenvalue weighted by atomic mass is 9.93. The number of rotatable bonds is 3. The first-order valence-corrected chi connectivity index (χ1v) is 7.46. The predicted molar refractivity (Wildman–Crippen MR) is 74.8 cm³/mol. The highest BCUT2D eigenvalue weighted by atomic mass is 32.1. The molecule has 2 heterocycles. The van der Waals surface area contributed by atoms with Gasteiger partial charge >= 0.3 is 0 Å². The molecular formula is C14H19N3S. The lowest BCUT2D eigenvalue weighted by molar-refractivity contribution is 0.519. The number of fused-ring (bicyclic) bond motifs is 1. The first-order valence-electron chi connectivity index (χ1n) is 6.58. The van der Waals surface area contributed by atoms with Crippen LogP contribution >= 0.6 is 11.3 Å². The van der Waals surface area contributed by atoms with Crippen molar-refractivity contribution < 1.29 is 0 Å². The summed E-state index contributed by atoms with van der Waals surface area (Å²) in [6, 6.07) is 2.44. The van der Waals surface area contributed by atoms with E-state index in [0.29, 0.717) is 5.92 Å². The van der Waals surface area contributed by atoms with Crippen LogP contribution in [0, 0.1) is 0 Å². The summed E-state index contributed by atoms with van der Waals surface area (Å²) in [6.45, 7) is 3.25. The van der Waals surface area contributed by atoms with E-state index in [4.69, 9.17) is 5.73 Å². The molecule has 0 fully saturated rings. The van der Waals surface area contributed by atoms with Crippen LogP contribution in [0.15, 0.2) is 23.8 Å². The van der Waals surface area contributed by atoms with E-state index in [9.17, 15) is 0 Å². The fourth-order valence-electron chi connectivity index (χ4n) is 2.81. The van der Waals surface area contributed by atoms with Gasteiger partial charge in [0, 0.05) is 42.0 Å². The molecule has 2 atom stereocenters. The zero-order valence-electron chi connectivity index (χ0n) is 10.7. The highest BCUT2D eigenvalue weighted by Gasteiger charge is 2.21. The van der Waals surface area contributed by atoms with Gasteiger partial charge < -0.3 is 10.3 Å². The molecule has 18 heavy (non-hydrogen) atoms. The Morgan fingerprint density at radius 2 is 2.50 bits per heavy atom. The van der Waals surface area contributed by atoms with Gasteiger partial charge in [-0.2, -0.15) is 0 Å². The van der Waals surface area contributed by atoms with Crippen LogP contribution in [-0.2, 0) is 13.0 Å². The minimum absolute atomic E-state index is 0.241. The number of thiazole rings is 1. The van der Waals surface area contributed by atoms with Crippen molar-refractivity contribution in [2.24, 2.45) is 5.73 Å². The fourth-order valence-corrected chi connectivity index (χ4v) is 3.50. The quantitative estimate of drug-likeness (QED) is 0.922. The summed E-state index contributed by atoms with van der Waals surface area (Å²) >= 11 is 1.74. The molecular weight excluding hydrogens is 242 g/mol. The van der Waals surface area contributed by atoms with Crippen molar-refractivity contribution in [3.05, 3.63) is 40.1 Å². The van der Waals surface area contributed by atoms with E-state index in [2.05, 4.69) is 28.7 Å². The van der Waals surface area contributed by atoms with Gasteiger partial charge in [0.1, 0.15) is 0 Å². The average molecular weight is 261 g/mol. The molecule has 3 nitrogen and oxygen atoms in total. The standard InChI is InChI=1S/C14H19N3S/c1-10(14-16-6-8-18-14)9-17-7-5-11-12(15)3-2-4-13(11)17/h5-8,10,12H,2-4,9,15H2,1H3. The Labute approximate surface area is 112 Å². The van der Waals surface area contributed by atoms with E-state index in [1.54, 1.807) is 11.3 Å². The molecule has 0 aliphatic heterocycles. The summed E-state index contributed by atoms with van der Waals surface area (Å²) in [5, 5.41) is 3.27. The fraction of sp³-hybridized carbons (Fsp3) is 0.500. The molecule has 2 aromatic heterocycles. The minimum Gasteiger partial charge on any atom is -0.350 e. The van der Waals surface area contributed by atoms with Crippen LogP contribution in [0.5, 0.6) is 0 Å². The Morgan fingerprint density at radius 3 is 3.28 bits per heavy atom. The van der Waals surface area contributed by atoms with E-state index >= 15 is 0 Å². The number of hydrogen-bond donors (Lipinski definition) is 1. The number of nitrogens with two attached hydrogens (primary N) is 1. The van der Waals surface area contributed by atoms with Gasteiger partial charge in [-0.3, -0.25) is 0 Å². The molecule has 0 amide bonds. The molecule has 0 spiro atoms. The number of nitrogens with zero attached hydrogens (tertiary/aromatic N) is 2. The summed E-state index contributed by atoms with van der Waals surface area (Å²) in [5.74, 6) is 0.472. The van der Waals surface area contributed by atoms with Crippen molar-refractivity contribution in [2.45, 2.75) is 44.7 Å². The van der Waals surface area contributed by atoms with Crippen LogP contribution < -0.4 is 5.73 Å². The molecule has 2 unspecified atom stereocenters. The smallest absolute Gasteiger partial charge is 0.0970 e. The molecule has 0 radical (unpaired) electrons. The summed E-state index contributed by atoms with van der Waals surface area (Å²) in [4.78, 5) is 4.40. The van der Waals surface area contributed by atoms with Crippen LogP contribution in [-0.4, -0.2) is 9.55 Å². The largest absolute Gasteiger partial charge is 0.350 e. The van der Waals surface area contributed by atoms with E-state index < -0.39 is 0 Å². The number of hydrogen-bond acceptors (Lipinski definition) is 3. The zero-order valence-corrected chi connectivity index (χ0v) is 11.5. The maximum atomic E-state index is 6.16. The topological polar surface area (TPSA) is 43.8 Å². The minimum atomic E-state index is 0.241. The van der Waals surface area contributed by atoms with Crippen molar-refractivity contribution in [1.29, 1.82) is 0 Å². The van der Waals surface area contributed by atoms with E-state index in [0.717, 1.165) is 13.0 Å². The average Bonchev–Trinajstić information content (AvgIpc) is 2.99. The SMILES string of the molecule is CC(Cn1ccc2c1CCCC2N)c1nccs1. The van der Waals surface area contributed by atoms with Gasteiger partial charge in [-0.15, -0.1) is 11.3 Å². The molecule has 2 aromatic rings. The molecule has 4 heteroatoms. The molecule has 0 aromatic carbocycles. The molecule has 1 aliphatic carbocycles. The lowest BCUT2D eigenvalue weighted by Gasteiger charge is -2.22. The molecule has 3 rings (SSSR count). The first kappa shape index (κ1) is 11.9. The van der Waals surface area contributed by atoms with Crippen molar-refractivity contribution >= 4 is 11.3 Å². The first-order chi connectivity index (χ1) is 8.75. The third-order valence-corrected chi connectivity index (χ3v) is 4.79. The van der Waals surface area contributed by atoms with Gasteiger partial charge in [-0.1, -0.05) is 6.92 Å². The Morgan fingerprint density at radius 1 is 1.61 bits per heavy atom. The van der Waals surface area contributed by atoms with Crippen LogP contribution in [0.2, 0.25) is 0 Å². The van der Waals surface area contributed by atoms with Gasteiger partial charge in [0.15, 0.2) is 0 Å². The summed E-state index contributed by atoms with van der Waals surface area (Å²) < 4.78 is 2.38. The monoisotopic (exact) mass is 261 g/mol. The van der Waals surface area contributed by atoms with Crippen LogP contribution in [0.1, 0.15) is 48.0 Å². The highest BCUT2D eigenvalue weighted by Crippen LogP contribution is 2.30. The van der Waals surface area contributed by atoms with E-state index in [1.807, 2.05) is 11.6 Å². The van der Waals surface area contributed by atoms with Gasteiger partial charge in [0.2, 0.25) is 0 Å². The van der Waals surface area contributed by atoms with Gasteiger partial charge in [0.25, 0.3) is 0 Å². The summed E-state index contributed by atoms with van der Waals surface area (Å²) in [5.41, 5.74) is 8.96. The predicted octanol–water partition coefficient (Wildman–Crippen LogP) is 3.08. The number of aromatic nitrogens is 2. The highest BCUT2D eigenvalue weighted by molar-refractivity contribution is 7.09. The zero-order chi connectivity index (χ0) is 12.5.